The molecule has 0 radical (unpaired) electrons. The molecule has 0 amide bonds. The van der Waals surface area contributed by atoms with Crippen molar-refractivity contribution in [3.63, 3.8) is 0 Å². The summed E-state index contributed by atoms with van der Waals surface area (Å²) in [5.41, 5.74) is -0.864. The Kier molecular flexibility index (Phi) is 2.88. The van der Waals surface area contributed by atoms with E-state index in [9.17, 15) is 4.39 Å². The quantitative estimate of drug-likeness (QED) is 0.662. The molecular weight excluding hydrogens is 141 g/mol. The second-order valence-electron chi connectivity index (χ2n) is 3.64. The third kappa shape index (κ3) is 2.16. The van der Waals surface area contributed by atoms with Gasteiger partial charge in [0.05, 0.1) is 0 Å². The Morgan fingerprint density at radius 1 is 1.36 bits per heavy atom. The molecule has 1 fully saturated rings. The van der Waals surface area contributed by atoms with Crippen molar-refractivity contribution >= 4 is 0 Å². The molecule has 0 atom stereocenters. The van der Waals surface area contributed by atoms with Gasteiger partial charge in [-0.05, 0) is 12.3 Å². The minimum Gasteiger partial charge on any atom is -0.310 e. The van der Waals surface area contributed by atoms with E-state index in [2.05, 4.69) is 19.2 Å². The minimum absolute atomic E-state index is 0.573. The molecule has 2 heteroatoms. The average Bonchev–Trinajstić information content (AvgIpc) is 1.97. The van der Waals surface area contributed by atoms with Crippen molar-refractivity contribution in [3.05, 3.63) is 0 Å². The molecule has 66 valence electrons. The zero-order valence-electron chi connectivity index (χ0n) is 7.49. The van der Waals surface area contributed by atoms with Crippen LogP contribution >= 0.6 is 0 Å². The molecule has 0 aliphatic carbocycles. The van der Waals surface area contributed by atoms with Gasteiger partial charge in [-0.25, -0.2) is 4.39 Å². The summed E-state index contributed by atoms with van der Waals surface area (Å²) in [7, 11) is 0. The Labute approximate surface area is 68.4 Å². The van der Waals surface area contributed by atoms with Gasteiger partial charge in [0.25, 0.3) is 0 Å². The first-order valence-electron chi connectivity index (χ1n) is 4.60. The summed E-state index contributed by atoms with van der Waals surface area (Å²) in [6.45, 7) is 5.43. The molecule has 0 unspecified atom stereocenters. The van der Waals surface area contributed by atoms with Crippen LogP contribution in [0, 0.1) is 5.92 Å². The monoisotopic (exact) mass is 159 g/mol. The Hall–Kier alpha value is -0.110. The summed E-state index contributed by atoms with van der Waals surface area (Å²) in [6, 6.07) is 0. The topological polar surface area (TPSA) is 12.0 Å². The highest BCUT2D eigenvalue weighted by Gasteiger charge is 2.37. The summed E-state index contributed by atoms with van der Waals surface area (Å²) < 4.78 is 13.5. The second kappa shape index (κ2) is 3.53. The molecule has 1 aliphatic heterocycles. The predicted octanol–water partition coefficient (Wildman–Crippen LogP) is 2.12. The highest BCUT2D eigenvalue weighted by atomic mass is 19.1. The van der Waals surface area contributed by atoms with Crippen molar-refractivity contribution in [1.82, 2.24) is 5.32 Å². The van der Waals surface area contributed by atoms with Gasteiger partial charge in [0.2, 0.25) is 0 Å². The van der Waals surface area contributed by atoms with Gasteiger partial charge in [0, 0.05) is 13.1 Å². The average molecular weight is 159 g/mol. The van der Waals surface area contributed by atoms with Crippen LogP contribution in [0.15, 0.2) is 0 Å². The first-order chi connectivity index (χ1) is 5.20. The Morgan fingerprint density at radius 2 is 1.91 bits per heavy atom. The van der Waals surface area contributed by atoms with E-state index < -0.39 is 5.67 Å². The second-order valence-corrected chi connectivity index (χ2v) is 3.64. The molecule has 1 N–H and O–H groups in total. The third-order valence-corrected chi connectivity index (χ3v) is 2.69. The summed E-state index contributed by atoms with van der Waals surface area (Å²) >= 11 is 0. The van der Waals surface area contributed by atoms with Crippen molar-refractivity contribution in [1.29, 1.82) is 0 Å². The highest BCUT2D eigenvalue weighted by Crippen LogP contribution is 2.28. The van der Waals surface area contributed by atoms with Gasteiger partial charge in [0.1, 0.15) is 5.67 Å². The van der Waals surface area contributed by atoms with E-state index in [4.69, 9.17) is 0 Å². The Balaban J connectivity index is 2.27. The normalized spacial score (nSPS) is 21.8. The zero-order valence-corrected chi connectivity index (χ0v) is 7.49. The molecule has 1 saturated heterocycles. The molecule has 0 aromatic rings. The van der Waals surface area contributed by atoms with Crippen LogP contribution in [0.4, 0.5) is 4.39 Å². The summed E-state index contributed by atoms with van der Waals surface area (Å²) in [6.07, 6.45) is 2.98. The van der Waals surface area contributed by atoms with Gasteiger partial charge in [-0.1, -0.05) is 26.7 Å². The maximum atomic E-state index is 13.5. The molecule has 1 heterocycles. The molecule has 0 spiro atoms. The largest absolute Gasteiger partial charge is 0.310 e. The van der Waals surface area contributed by atoms with E-state index in [0.717, 1.165) is 19.3 Å². The standard InChI is InChI=1S/C9H18FN/c1-3-8(4-2)5-9(10)6-11-7-9/h8,11H,3-7H2,1-2H3. The van der Waals surface area contributed by atoms with Gasteiger partial charge in [-0.15, -0.1) is 0 Å². The lowest BCUT2D eigenvalue weighted by Crippen LogP contribution is -2.56. The van der Waals surface area contributed by atoms with E-state index in [1.165, 1.54) is 0 Å². The zero-order chi connectivity index (χ0) is 8.32. The predicted molar refractivity (Wildman–Crippen MR) is 45.4 cm³/mol. The first kappa shape index (κ1) is 8.98. The molecule has 0 aromatic carbocycles. The molecule has 1 rings (SSSR count). The fraction of sp³-hybridized carbons (Fsp3) is 1.00. The van der Waals surface area contributed by atoms with Crippen LogP contribution in [-0.2, 0) is 0 Å². The van der Waals surface area contributed by atoms with Gasteiger partial charge in [-0.2, -0.15) is 0 Å². The van der Waals surface area contributed by atoms with Gasteiger partial charge in [0.15, 0.2) is 0 Å². The number of hydrogen-bond acceptors (Lipinski definition) is 1. The smallest absolute Gasteiger partial charge is 0.136 e. The lowest BCUT2D eigenvalue weighted by Gasteiger charge is -2.37. The third-order valence-electron chi connectivity index (χ3n) is 2.69. The maximum Gasteiger partial charge on any atom is 0.136 e. The van der Waals surface area contributed by atoms with Gasteiger partial charge >= 0.3 is 0 Å². The molecule has 11 heavy (non-hydrogen) atoms. The lowest BCUT2D eigenvalue weighted by atomic mass is 9.85. The molecular formula is C9H18FN. The molecule has 0 bridgehead atoms. The van der Waals surface area contributed by atoms with Crippen LogP contribution in [0.25, 0.3) is 0 Å². The van der Waals surface area contributed by atoms with Crippen molar-refractivity contribution in [2.45, 2.75) is 38.8 Å². The van der Waals surface area contributed by atoms with Gasteiger partial charge < -0.3 is 5.32 Å². The van der Waals surface area contributed by atoms with Crippen molar-refractivity contribution in [2.24, 2.45) is 5.92 Å². The minimum atomic E-state index is -0.864. The first-order valence-corrected chi connectivity index (χ1v) is 4.60. The van der Waals surface area contributed by atoms with E-state index >= 15 is 0 Å². The Morgan fingerprint density at radius 3 is 2.18 bits per heavy atom. The summed E-state index contributed by atoms with van der Waals surface area (Å²) in [5.74, 6) is 0.585. The van der Waals surface area contributed by atoms with Crippen LogP contribution in [-0.4, -0.2) is 18.8 Å². The van der Waals surface area contributed by atoms with Gasteiger partial charge in [-0.3, -0.25) is 0 Å². The van der Waals surface area contributed by atoms with Crippen LogP contribution in [0.5, 0.6) is 0 Å². The Bertz CT molecular complexity index is 117. The van der Waals surface area contributed by atoms with E-state index in [-0.39, 0.29) is 0 Å². The molecule has 1 nitrogen and oxygen atoms in total. The van der Waals surface area contributed by atoms with Crippen LogP contribution in [0.1, 0.15) is 33.1 Å². The van der Waals surface area contributed by atoms with E-state index in [0.29, 0.717) is 19.0 Å². The fourth-order valence-corrected chi connectivity index (χ4v) is 1.64. The maximum absolute atomic E-state index is 13.5. The summed E-state index contributed by atoms with van der Waals surface area (Å²) in [4.78, 5) is 0. The van der Waals surface area contributed by atoms with E-state index in [1.807, 2.05) is 0 Å². The summed E-state index contributed by atoms with van der Waals surface area (Å²) in [5, 5.41) is 2.98. The SMILES string of the molecule is CCC(CC)CC1(F)CNC1. The van der Waals surface area contributed by atoms with Crippen LogP contribution in [0.2, 0.25) is 0 Å². The number of alkyl halides is 1. The van der Waals surface area contributed by atoms with Crippen molar-refractivity contribution in [3.8, 4) is 0 Å². The number of halogens is 1. The van der Waals surface area contributed by atoms with Crippen molar-refractivity contribution < 1.29 is 4.39 Å². The number of nitrogens with one attached hydrogen (secondary N) is 1. The number of hydrogen-bond donors (Lipinski definition) is 1. The molecule has 0 saturated carbocycles. The van der Waals surface area contributed by atoms with Crippen LogP contribution in [0.3, 0.4) is 0 Å². The molecule has 0 aromatic heterocycles. The highest BCUT2D eigenvalue weighted by molar-refractivity contribution is 4.94. The number of rotatable bonds is 4. The van der Waals surface area contributed by atoms with E-state index in [1.54, 1.807) is 0 Å². The molecule has 1 aliphatic rings. The lowest BCUT2D eigenvalue weighted by molar-refractivity contribution is 0.0589. The van der Waals surface area contributed by atoms with Crippen molar-refractivity contribution in [2.75, 3.05) is 13.1 Å². The fourth-order valence-electron chi connectivity index (χ4n) is 1.64. The van der Waals surface area contributed by atoms with Crippen LogP contribution < -0.4 is 5.32 Å².